The predicted octanol–water partition coefficient (Wildman–Crippen LogP) is 2.56. The van der Waals surface area contributed by atoms with E-state index in [1.807, 2.05) is 38.1 Å². The zero-order valence-corrected chi connectivity index (χ0v) is 17.3. The minimum absolute atomic E-state index is 0.0857. The number of amides is 1. The number of hydrogen-bond acceptors (Lipinski definition) is 5. The summed E-state index contributed by atoms with van der Waals surface area (Å²) >= 11 is 0. The Morgan fingerprint density at radius 1 is 1.11 bits per heavy atom. The number of methoxy groups -OCH3 is 1. The van der Waals surface area contributed by atoms with E-state index in [-0.39, 0.29) is 19.2 Å². The third-order valence-electron chi connectivity index (χ3n) is 3.83. The molecule has 0 saturated carbocycles. The molecular formula is C20H26N2O5S. The molecule has 28 heavy (non-hydrogen) atoms. The Morgan fingerprint density at radius 3 is 2.32 bits per heavy atom. The van der Waals surface area contributed by atoms with Crippen LogP contribution in [-0.2, 0) is 21.4 Å². The summed E-state index contributed by atoms with van der Waals surface area (Å²) in [5.41, 5.74) is 1.20. The predicted molar refractivity (Wildman–Crippen MR) is 109 cm³/mol. The van der Waals surface area contributed by atoms with Gasteiger partial charge < -0.3 is 14.8 Å². The van der Waals surface area contributed by atoms with Gasteiger partial charge in [0, 0.05) is 6.54 Å². The smallest absolute Gasteiger partial charge is 0.241 e. The van der Waals surface area contributed by atoms with Gasteiger partial charge in [-0.3, -0.25) is 9.10 Å². The monoisotopic (exact) mass is 406 g/mol. The van der Waals surface area contributed by atoms with Crippen LogP contribution in [-0.4, -0.2) is 40.3 Å². The molecule has 0 bridgehead atoms. The quantitative estimate of drug-likeness (QED) is 0.692. The van der Waals surface area contributed by atoms with Crippen molar-refractivity contribution in [1.29, 1.82) is 0 Å². The van der Waals surface area contributed by atoms with Gasteiger partial charge in [-0.25, -0.2) is 8.42 Å². The summed E-state index contributed by atoms with van der Waals surface area (Å²) in [6, 6.07) is 14.0. The number of sulfonamides is 1. The van der Waals surface area contributed by atoms with Gasteiger partial charge in [0.2, 0.25) is 15.9 Å². The summed E-state index contributed by atoms with van der Waals surface area (Å²) in [6.45, 7) is 3.84. The van der Waals surface area contributed by atoms with Crippen LogP contribution in [0.5, 0.6) is 11.5 Å². The SMILES string of the molecule is COc1ccccc1N(CC(=O)NCc1ccc(OC(C)C)cc1)S(C)(=O)=O. The first-order valence-electron chi connectivity index (χ1n) is 8.83. The van der Waals surface area contributed by atoms with E-state index in [0.29, 0.717) is 11.4 Å². The molecule has 0 atom stereocenters. The van der Waals surface area contributed by atoms with E-state index < -0.39 is 15.9 Å². The van der Waals surface area contributed by atoms with Crippen LogP contribution in [0.2, 0.25) is 0 Å². The highest BCUT2D eigenvalue weighted by Crippen LogP contribution is 2.29. The fraction of sp³-hybridized carbons (Fsp3) is 0.350. The number of hydrogen-bond donors (Lipinski definition) is 1. The Bertz CT molecular complexity index is 895. The average Bonchev–Trinajstić information content (AvgIpc) is 2.64. The van der Waals surface area contributed by atoms with E-state index in [1.54, 1.807) is 24.3 Å². The molecule has 1 N–H and O–H groups in total. The first-order valence-corrected chi connectivity index (χ1v) is 10.7. The van der Waals surface area contributed by atoms with Crippen molar-refractivity contribution in [2.75, 3.05) is 24.2 Å². The molecule has 0 aliphatic carbocycles. The fourth-order valence-corrected chi connectivity index (χ4v) is 3.42. The van der Waals surface area contributed by atoms with Gasteiger partial charge in [-0.1, -0.05) is 24.3 Å². The van der Waals surface area contributed by atoms with Crippen molar-refractivity contribution < 1.29 is 22.7 Å². The highest BCUT2D eigenvalue weighted by Gasteiger charge is 2.23. The number of benzene rings is 2. The Kier molecular flexibility index (Phi) is 7.28. The second-order valence-corrected chi connectivity index (χ2v) is 8.44. The maximum atomic E-state index is 12.4. The van der Waals surface area contributed by atoms with Crippen molar-refractivity contribution in [2.45, 2.75) is 26.5 Å². The molecule has 0 unspecified atom stereocenters. The van der Waals surface area contributed by atoms with E-state index in [9.17, 15) is 13.2 Å². The van der Waals surface area contributed by atoms with E-state index in [0.717, 1.165) is 21.9 Å². The van der Waals surface area contributed by atoms with E-state index in [4.69, 9.17) is 9.47 Å². The standard InChI is InChI=1S/C20H26N2O5S/c1-15(2)27-17-11-9-16(10-12-17)13-21-20(23)14-22(28(4,24)25)18-7-5-6-8-19(18)26-3/h5-12,15H,13-14H2,1-4H3,(H,21,23). The molecule has 7 nitrogen and oxygen atoms in total. The lowest BCUT2D eigenvalue weighted by Gasteiger charge is -2.23. The minimum atomic E-state index is -3.67. The van der Waals surface area contributed by atoms with Crippen LogP contribution >= 0.6 is 0 Å². The molecule has 0 radical (unpaired) electrons. The highest BCUT2D eigenvalue weighted by molar-refractivity contribution is 7.92. The third kappa shape index (κ3) is 6.16. The summed E-state index contributed by atoms with van der Waals surface area (Å²) in [7, 11) is -2.22. The number of nitrogens with one attached hydrogen (secondary N) is 1. The van der Waals surface area contributed by atoms with Crippen molar-refractivity contribution in [2.24, 2.45) is 0 Å². The van der Waals surface area contributed by atoms with E-state index in [2.05, 4.69) is 5.32 Å². The Hall–Kier alpha value is -2.74. The maximum absolute atomic E-state index is 12.4. The van der Waals surface area contributed by atoms with Crippen LogP contribution in [0.4, 0.5) is 5.69 Å². The van der Waals surface area contributed by atoms with Crippen LogP contribution in [0, 0.1) is 0 Å². The van der Waals surface area contributed by atoms with Crippen molar-refractivity contribution in [1.82, 2.24) is 5.32 Å². The molecular weight excluding hydrogens is 380 g/mol. The number of anilines is 1. The maximum Gasteiger partial charge on any atom is 0.241 e. The second-order valence-electron chi connectivity index (χ2n) is 6.53. The number of rotatable bonds is 9. The first-order chi connectivity index (χ1) is 13.2. The van der Waals surface area contributed by atoms with Crippen LogP contribution < -0.4 is 19.1 Å². The zero-order chi connectivity index (χ0) is 20.7. The average molecular weight is 407 g/mol. The van der Waals surface area contributed by atoms with Gasteiger partial charge >= 0.3 is 0 Å². The topological polar surface area (TPSA) is 84.9 Å². The zero-order valence-electron chi connectivity index (χ0n) is 16.5. The van der Waals surface area contributed by atoms with Gasteiger partial charge in [-0.2, -0.15) is 0 Å². The van der Waals surface area contributed by atoms with Crippen molar-refractivity contribution in [3.63, 3.8) is 0 Å². The van der Waals surface area contributed by atoms with Crippen LogP contribution in [0.25, 0.3) is 0 Å². The van der Waals surface area contributed by atoms with Crippen molar-refractivity contribution in [3.05, 3.63) is 54.1 Å². The molecule has 0 spiro atoms. The molecule has 2 aromatic rings. The molecule has 1 amide bonds. The lowest BCUT2D eigenvalue weighted by atomic mass is 10.2. The molecule has 0 fully saturated rings. The molecule has 2 rings (SSSR count). The van der Waals surface area contributed by atoms with Gasteiger partial charge in [0.05, 0.1) is 25.2 Å². The van der Waals surface area contributed by atoms with Crippen molar-refractivity contribution >= 4 is 21.6 Å². The summed E-state index contributed by atoms with van der Waals surface area (Å²) in [5, 5.41) is 2.74. The number of nitrogens with zero attached hydrogens (tertiary/aromatic N) is 1. The van der Waals surface area contributed by atoms with Gasteiger partial charge in [0.25, 0.3) is 0 Å². The largest absolute Gasteiger partial charge is 0.495 e. The van der Waals surface area contributed by atoms with Crippen molar-refractivity contribution in [3.8, 4) is 11.5 Å². The first kappa shape index (κ1) is 21.6. The van der Waals surface area contributed by atoms with Crippen LogP contribution in [0.15, 0.2) is 48.5 Å². The van der Waals surface area contributed by atoms with Gasteiger partial charge in [0.1, 0.15) is 18.0 Å². The highest BCUT2D eigenvalue weighted by atomic mass is 32.2. The number of para-hydroxylation sites is 2. The van der Waals surface area contributed by atoms with Gasteiger partial charge in [-0.15, -0.1) is 0 Å². The minimum Gasteiger partial charge on any atom is -0.495 e. The number of carbonyl (C=O) groups excluding carboxylic acids is 1. The fourth-order valence-electron chi connectivity index (χ4n) is 2.56. The molecule has 0 aliphatic rings. The summed E-state index contributed by atoms with van der Waals surface area (Å²) in [4.78, 5) is 12.4. The lowest BCUT2D eigenvalue weighted by Crippen LogP contribution is -2.40. The molecule has 0 aromatic heterocycles. The van der Waals surface area contributed by atoms with Gasteiger partial charge in [0.15, 0.2) is 0 Å². The normalized spacial score (nSPS) is 11.2. The van der Waals surface area contributed by atoms with E-state index in [1.165, 1.54) is 7.11 Å². The lowest BCUT2D eigenvalue weighted by molar-refractivity contribution is -0.119. The molecule has 0 saturated heterocycles. The number of carbonyl (C=O) groups is 1. The third-order valence-corrected chi connectivity index (χ3v) is 4.95. The molecule has 0 heterocycles. The van der Waals surface area contributed by atoms with E-state index >= 15 is 0 Å². The van der Waals surface area contributed by atoms with Gasteiger partial charge in [-0.05, 0) is 43.7 Å². The molecule has 2 aromatic carbocycles. The van der Waals surface area contributed by atoms with Crippen LogP contribution in [0.1, 0.15) is 19.4 Å². The number of ether oxygens (including phenoxy) is 2. The summed E-state index contributed by atoms with van der Waals surface area (Å²) in [5.74, 6) is 0.713. The second kappa shape index (κ2) is 9.45. The summed E-state index contributed by atoms with van der Waals surface area (Å²) in [6.07, 6.45) is 1.14. The molecule has 152 valence electrons. The Labute approximate surface area is 166 Å². The molecule has 0 aliphatic heterocycles. The Morgan fingerprint density at radius 2 is 1.75 bits per heavy atom. The molecule has 8 heteroatoms. The van der Waals surface area contributed by atoms with Crippen LogP contribution in [0.3, 0.4) is 0 Å². The summed E-state index contributed by atoms with van der Waals surface area (Å²) < 4.78 is 36.3. The Balaban J connectivity index is 2.04.